The normalized spacial score (nSPS) is 15.8. The lowest BCUT2D eigenvalue weighted by atomic mass is 10.1. The minimum Gasteiger partial charge on any atom is -0.493 e. The summed E-state index contributed by atoms with van der Waals surface area (Å²) >= 11 is 6.16. The summed E-state index contributed by atoms with van der Waals surface area (Å²) in [5, 5.41) is 11.1. The highest BCUT2D eigenvalue weighted by Gasteiger charge is 2.20. The molecule has 1 atom stereocenters. The van der Waals surface area contributed by atoms with E-state index in [9.17, 15) is 5.11 Å². The maximum absolute atomic E-state index is 10.4. The Morgan fingerprint density at radius 1 is 1.00 bits per heavy atom. The topological polar surface area (TPSA) is 54.4 Å². The molecular weight excluding hydrogens is 404 g/mol. The van der Waals surface area contributed by atoms with Crippen LogP contribution in [0.2, 0.25) is 5.02 Å². The van der Waals surface area contributed by atoms with Gasteiger partial charge in [-0.2, -0.15) is 0 Å². The van der Waals surface area contributed by atoms with E-state index in [1.54, 1.807) is 14.2 Å². The van der Waals surface area contributed by atoms with Crippen LogP contribution < -0.4 is 14.4 Å². The average molecular weight is 435 g/mol. The van der Waals surface area contributed by atoms with E-state index < -0.39 is 6.10 Å². The van der Waals surface area contributed by atoms with Gasteiger partial charge in [-0.1, -0.05) is 23.7 Å². The molecule has 7 heteroatoms. The molecule has 0 bridgehead atoms. The number of anilines is 1. The van der Waals surface area contributed by atoms with Crippen molar-refractivity contribution in [2.75, 3.05) is 58.5 Å². The Morgan fingerprint density at radius 3 is 2.43 bits per heavy atom. The van der Waals surface area contributed by atoms with Gasteiger partial charge in [0.05, 0.1) is 33.5 Å². The third-order valence-corrected chi connectivity index (χ3v) is 5.62. The van der Waals surface area contributed by atoms with Crippen LogP contribution in [0.15, 0.2) is 36.4 Å². The van der Waals surface area contributed by atoms with E-state index in [2.05, 4.69) is 22.8 Å². The lowest BCUT2D eigenvalue weighted by molar-refractivity contribution is 0.00909. The van der Waals surface area contributed by atoms with Crippen LogP contribution in [0.5, 0.6) is 11.5 Å². The molecule has 0 aliphatic carbocycles. The summed E-state index contributed by atoms with van der Waals surface area (Å²) in [6.07, 6.45) is -0.524. The van der Waals surface area contributed by atoms with Gasteiger partial charge in [-0.05, 0) is 42.3 Å². The first-order chi connectivity index (χ1) is 14.5. The van der Waals surface area contributed by atoms with Crippen molar-refractivity contribution in [3.05, 3.63) is 52.5 Å². The highest BCUT2D eigenvalue weighted by atomic mass is 35.5. The quantitative estimate of drug-likeness (QED) is 0.653. The predicted octanol–water partition coefficient (Wildman–Crippen LogP) is 3.37. The summed E-state index contributed by atoms with van der Waals surface area (Å²) in [4.78, 5) is 4.64. The predicted molar refractivity (Wildman–Crippen MR) is 120 cm³/mol. The van der Waals surface area contributed by atoms with Crippen LogP contribution in [0.3, 0.4) is 0 Å². The van der Waals surface area contributed by atoms with Crippen LogP contribution in [0.1, 0.15) is 11.1 Å². The Bertz CT molecular complexity index is 825. The van der Waals surface area contributed by atoms with Gasteiger partial charge in [0.2, 0.25) is 0 Å². The van der Waals surface area contributed by atoms with Crippen molar-refractivity contribution in [1.29, 1.82) is 0 Å². The number of aryl methyl sites for hydroxylation is 1. The minimum atomic E-state index is -0.524. The fourth-order valence-corrected chi connectivity index (χ4v) is 3.89. The second-order valence-corrected chi connectivity index (χ2v) is 8.01. The molecule has 2 aromatic carbocycles. The number of nitrogens with zero attached hydrogens (tertiary/aromatic N) is 2. The van der Waals surface area contributed by atoms with Crippen LogP contribution >= 0.6 is 11.6 Å². The number of ether oxygens (including phenoxy) is 3. The number of aliphatic hydroxyl groups excluding tert-OH is 1. The SMILES string of the molecule is COc1ccc(COC[C@@H](O)CN2CCN(c3cc(Cl)ccc3C)CC2)cc1OC. The maximum Gasteiger partial charge on any atom is 0.161 e. The van der Waals surface area contributed by atoms with Gasteiger partial charge in [-0.15, -0.1) is 0 Å². The molecule has 30 heavy (non-hydrogen) atoms. The summed E-state index contributed by atoms with van der Waals surface area (Å²) in [7, 11) is 3.22. The van der Waals surface area contributed by atoms with Crippen molar-refractivity contribution < 1.29 is 19.3 Å². The van der Waals surface area contributed by atoms with Gasteiger partial charge in [-0.25, -0.2) is 0 Å². The van der Waals surface area contributed by atoms with Crippen LogP contribution in [-0.2, 0) is 11.3 Å². The number of hydrogen-bond donors (Lipinski definition) is 1. The summed E-state index contributed by atoms with van der Waals surface area (Å²) < 4.78 is 16.3. The number of hydrogen-bond acceptors (Lipinski definition) is 6. The van der Waals surface area contributed by atoms with Gasteiger partial charge in [-0.3, -0.25) is 4.90 Å². The van der Waals surface area contributed by atoms with Crippen LogP contribution in [0.4, 0.5) is 5.69 Å². The first-order valence-electron chi connectivity index (χ1n) is 10.2. The van der Waals surface area contributed by atoms with Crippen LogP contribution in [0, 0.1) is 6.92 Å². The van der Waals surface area contributed by atoms with Crippen LogP contribution in [0.25, 0.3) is 0 Å². The zero-order valence-electron chi connectivity index (χ0n) is 17.9. The molecule has 0 radical (unpaired) electrons. The highest BCUT2D eigenvalue weighted by molar-refractivity contribution is 6.30. The van der Waals surface area contributed by atoms with Crippen molar-refractivity contribution in [3.63, 3.8) is 0 Å². The van der Waals surface area contributed by atoms with Crippen LogP contribution in [-0.4, -0.2) is 69.7 Å². The highest BCUT2D eigenvalue weighted by Crippen LogP contribution is 2.28. The van der Waals surface area contributed by atoms with Crippen molar-refractivity contribution in [1.82, 2.24) is 4.90 Å². The molecule has 1 heterocycles. The molecule has 0 saturated carbocycles. The third-order valence-electron chi connectivity index (χ3n) is 5.38. The minimum absolute atomic E-state index is 0.294. The molecule has 3 rings (SSSR count). The number of methoxy groups -OCH3 is 2. The number of rotatable bonds is 9. The van der Waals surface area contributed by atoms with E-state index in [0.29, 0.717) is 31.3 Å². The second kappa shape index (κ2) is 10.9. The molecule has 1 N–H and O–H groups in total. The zero-order valence-corrected chi connectivity index (χ0v) is 18.7. The summed E-state index contributed by atoms with van der Waals surface area (Å²) in [5.74, 6) is 1.36. The van der Waals surface area contributed by atoms with E-state index in [4.69, 9.17) is 25.8 Å². The van der Waals surface area contributed by atoms with Crippen molar-refractivity contribution >= 4 is 17.3 Å². The zero-order chi connectivity index (χ0) is 21.5. The van der Waals surface area contributed by atoms with Gasteiger partial charge in [0.15, 0.2) is 11.5 Å². The molecule has 1 fully saturated rings. The standard InChI is InChI=1S/C23H31ClN2O4/c1-17-4-6-19(24)13-21(17)26-10-8-25(9-11-26)14-20(27)16-30-15-18-5-7-22(28-2)23(12-18)29-3/h4-7,12-13,20,27H,8-11,14-16H2,1-3H3/t20-/m0/s1. The molecule has 0 aromatic heterocycles. The molecule has 0 unspecified atom stereocenters. The smallest absolute Gasteiger partial charge is 0.161 e. The molecule has 0 spiro atoms. The van der Waals surface area contributed by atoms with Crippen molar-refractivity contribution in [2.45, 2.75) is 19.6 Å². The molecule has 0 amide bonds. The Morgan fingerprint density at radius 2 is 1.73 bits per heavy atom. The Kier molecular flexibility index (Phi) is 8.22. The molecule has 6 nitrogen and oxygen atoms in total. The monoisotopic (exact) mass is 434 g/mol. The van der Waals surface area contributed by atoms with Crippen molar-refractivity contribution in [3.8, 4) is 11.5 Å². The van der Waals surface area contributed by atoms with Gasteiger partial charge in [0.1, 0.15) is 0 Å². The van der Waals surface area contributed by atoms with Crippen molar-refractivity contribution in [2.24, 2.45) is 0 Å². The molecule has 1 aliphatic heterocycles. The molecule has 164 valence electrons. The summed E-state index contributed by atoms with van der Waals surface area (Å²) in [6, 6.07) is 11.7. The average Bonchev–Trinajstić information content (AvgIpc) is 2.76. The fraction of sp³-hybridized carbons (Fsp3) is 0.478. The number of β-amino-alcohol motifs (C(OH)–C–C–N with tert-alkyl or cyclic N) is 1. The van der Waals surface area contributed by atoms with E-state index in [-0.39, 0.29) is 0 Å². The number of aliphatic hydroxyl groups is 1. The molecular formula is C23H31ClN2O4. The Balaban J connectivity index is 1.41. The number of halogens is 1. The summed E-state index contributed by atoms with van der Waals surface area (Å²) in [6.45, 7) is 7.06. The van der Waals surface area contributed by atoms with E-state index in [1.807, 2.05) is 30.3 Å². The van der Waals surface area contributed by atoms with Gasteiger partial charge >= 0.3 is 0 Å². The van der Waals surface area contributed by atoms with Gasteiger partial charge in [0.25, 0.3) is 0 Å². The third kappa shape index (κ3) is 6.01. The Labute approximate surface area is 183 Å². The maximum atomic E-state index is 10.4. The summed E-state index contributed by atoms with van der Waals surface area (Å²) in [5.41, 5.74) is 3.41. The molecule has 1 saturated heterocycles. The lowest BCUT2D eigenvalue weighted by Gasteiger charge is -2.37. The van der Waals surface area contributed by atoms with E-state index in [0.717, 1.165) is 36.8 Å². The fourth-order valence-electron chi connectivity index (χ4n) is 3.73. The number of piperazine rings is 1. The number of benzene rings is 2. The first kappa shape index (κ1) is 22.7. The molecule has 2 aromatic rings. The largest absolute Gasteiger partial charge is 0.493 e. The lowest BCUT2D eigenvalue weighted by Crippen LogP contribution is -2.49. The van der Waals surface area contributed by atoms with E-state index >= 15 is 0 Å². The Hall–Kier alpha value is -1.99. The first-order valence-corrected chi connectivity index (χ1v) is 10.6. The van der Waals surface area contributed by atoms with E-state index in [1.165, 1.54) is 11.3 Å². The van der Waals surface area contributed by atoms with Gasteiger partial charge in [0, 0.05) is 43.4 Å². The van der Waals surface area contributed by atoms with Gasteiger partial charge < -0.3 is 24.2 Å². The molecule has 1 aliphatic rings. The second-order valence-electron chi connectivity index (χ2n) is 7.58.